The van der Waals surface area contributed by atoms with Crippen molar-refractivity contribution in [2.24, 2.45) is 0 Å². The number of aromatic nitrogens is 1. The number of benzene rings is 2. The van der Waals surface area contributed by atoms with Gasteiger partial charge in [0.2, 0.25) is 10.0 Å². The van der Waals surface area contributed by atoms with E-state index in [-0.39, 0.29) is 11.1 Å². The van der Waals surface area contributed by atoms with E-state index in [1.807, 2.05) is 24.8 Å². The molecule has 3 aromatic rings. The number of nitrogens with zero attached hydrogens (tertiary/aromatic N) is 3. The summed E-state index contributed by atoms with van der Waals surface area (Å²) in [6.07, 6.45) is 3.47. The van der Waals surface area contributed by atoms with Crippen LogP contribution in [0.15, 0.2) is 70.6 Å². The van der Waals surface area contributed by atoms with Gasteiger partial charge in [-0.1, -0.05) is 29.8 Å². The van der Waals surface area contributed by atoms with E-state index >= 15 is 0 Å². The van der Waals surface area contributed by atoms with E-state index in [1.165, 1.54) is 4.90 Å². The minimum atomic E-state index is -3.73. The predicted molar refractivity (Wildman–Crippen MR) is 141 cm³/mol. The number of pyridine rings is 1. The van der Waals surface area contributed by atoms with Gasteiger partial charge in [0.15, 0.2) is 0 Å². The van der Waals surface area contributed by atoms with Gasteiger partial charge >= 0.3 is 0 Å². The van der Waals surface area contributed by atoms with Crippen molar-refractivity contribution < 1.29 is 8.42 Å². The second-order valence-electron chi connectivity index (χ2n) is 8.49. The molecule has 6 nitrogen and oxygen atoms in total. The number of thioether (sulfide) groups is 1. The average molecular weight is 519 g/mol. The van der Waals surface area contributed by atoms with Crippen molar-refractivity contribution in [1.29, 1.82) is 0 Å². The fourth-order valence-corrected chi connectivity index (χ4v) is 6.80. The number of hydrogen-bond donors (Lipinski definition) is 1. The minimum absolute atomic E-state index is 0.208. The minimum Gasteiger partial charge on any atom is -0.302 e. The van der Waals surface area contributed by atoms with Crippen molar-refractivity contribution in [2.45, 2.75) is 35.7 Å². The highest BCUT2D eigenvalue weighted by molar-refractivity contribution is 7.99. The number of hydrogen-bond acceptors (Lipinski definition) is 6. The lowest BCUT2D eigenvalue weighted by molar-refractivity contribution is 0.200. The lowest BCUT2D eigenvalue weighted by atomic mass is 10.2. The zero-order chi connectivity index (χ0) is 24.0. The molecule has 0 spiro atoms. The van der Waals surface area contributed by atoms with Crippen LogP contribution >= 0.6 is 23.4 Å². The summed E-state index contributed by atoms with van der Waals surface area (Å²) in [7, 11) is -3.73. The Balaban J connectivity index is 1.31. The van der Waals surface area contributed by atoms with Crippen LogP contribution in [0.3, 0.4) is 0 Å². The summed E-state index contributed by atoms with van der Waals surface area (Å²) in [5.41, 5.74) is 0.496. The zero-order valence-electron chi connectivity index (χ0n) is 19.4. The van der Waals surface area contributed by atoms with E-state index in [9.17, 15) is 8.42 Å². The fraction of sp³-hybridized carbons (Fsp3) is 0.400. The summed E-state index contributed by atoms with van der Waals surface area (Å²) in [5.74, 6) is 1.10. The third-order valence-corrected chi connectivity index (χ3v) is 9.09. The highest BCUT2D eigenvalue weighted by Crippen LogP contribution is 2.27. The van der Waals surface area contributed by atoms with Gasteiger partial charge in [-0.05, 0) is 75.0 Å². The molecule has 1 unspecified atom stereocenters. The molecule has 0 bridgehead atoms. The Kier molecular flexibility index (Phi) is 8.85. The fourth-order valence-electron chi connectivity index (χ4n) is 4.31. The van der Waals surface area contributed by atoms with E-state index in [1.54, 1.807) is 30.5 Å². The lowest BCUT2D eigenvalue weighted by Gasteiger charge is -2.28. The lowest BCUT2D eigenvalue weighted by Crippen LogP contribution is -2.47. The molecule has 1 saturated heterocycles. The van der Waals surface area contributed by atoms with Gasteiger partial charge in [-0.2, -0.15) is 4.72 Å². The summed E-state index contributed by atoms with van der Waals surface area (Å²) >= 11 is 8.12. The van der Waals surface area contributed by atoms with Gasteiger partial charge in [-0.3, -0.25) is 9.88 Å². The summed E-state index contributed by atoms with van der Waals surface area (Å²) in [5, 5.41) is 0.975. The van der Waals surface area contributed by atoms with E-state index < -0.39 is 10.0 Å². The normalized spacial score (nSPS) is 17.0. The highest BCUT2D eigenvalue weighted by atomic mass is 35.5. The molecule has 0 saturated carbocycles. The average Bonchev–Trinajstić information content (AvgIpc) is 3.08. The SMILES string of the molecule is CC(NS(=O)(=O)c1ccc(Cl)c2ncccc12)N1CCCN(CCCSc2ccccc2)CC1. The topological polar surface area (TPSA) is 65.5 Å². The van der Waals surface area contributed by atoms with Crippen molar-refractivity contribution in [2.75, 3.05) is 38.5 Å². The van der Waals surface area contributed by atoms with Gasteiger partial charge in [0.1, 0.15) is 0 Å². The van der Waals surface area contributed by atoms with E-state index in [2.05, 4.69) is 43.8 Å². The Morgan fingerprint density at radius 2 is 1.88 bits per heavy atom. The van der Waals surface area contributed by atoms with Crippen molar-refractivity contribution in [3.63, 3.8) is 0 Å². The van der Waals surface area contributed by atoms with Gasteiger partial charge in [-0.25, -0.2) is 8.42 Å². The van der Waals surface area contributed by atoms with Crippen LogP contribution in [0.2, 0.25) is 5.02 Å². The molecule has 2 heterocycles. The first kappa shape index (κ1) is 25.4. The summed E-state index contributed by atoms with van der Waals surface area (Å²) < 4.78 is 29.3. The van der Waals surface area contributed by atoms with Gasteiger partial charge in [0, 0.05) is 36.1 Å². The zero-order valence-corrected chi connectivity index (χ0v) is 21.7. The standard InChI is InChI=1S/C25H31ClN4O2S2/c1-20(28-34(31,32)24-12-11-23(26)25-22(24)10-5-13-27-25)30-16-6-14-29(17-18-30)15-7-19-33-21-8-3-2-4-9-21/h2-5,8-13,20,28H,6-7,14-19H2,1H3. The smallest absolute Gasteiger partial charge is 0.242 e. The molecule has 34 heavy (non-hydrogen) atoms. The van der Waals surface area contributed by atoms with Gasteiger partial charge in [0.25, 0.3) is 0 Å². The molecule has 1 aromatic heterocycles. The Morgan fingerprint density at radius 1 is 1.06 bits per heavy atom. The molecule has 9 heteroatoms. The number of nitrogens with one attached hydrogen (secondary N) is 1. The molecule has 1 fully saturated rings. The predicted octanol–water partition coefficient (Wildman–Crippen LogP) is 4.70. The Hall–Kier alpha value is -1.68. The summed E-state index contributed by atoms with van der Waals surface area (Å²) in [6, 6.07) is 17.1. The maximum atomic E-state index is 13.2. The molecule has 0 aliphatic carbocycles. The van der Waals surface area contributed by atoms with Crippen LogP contribution in [0.4, 0.5) is 0 Å². The maximum Gasteiger partial charge on any atom is 0.242 e. The molecule has 0 radical (unpaired) electrons. The first-order chi connectivity index (χ1) is 16.4. The van der Waals surface area contributed by atoms with Crippen molar-refractivity contribution >= 4 is 44.3 Å². The molecule has 0 amide bonds. The highest BCUT2D eigenvalue weighted by Gasteiger charge is 2.25. The molecular formula is C25H31ClN4O2S2. The molecule has 1 N–H and O–H groups in total. The second kappa shape index (κ2) is 11.8. The Labute approximate surface area is 211 Å². The van der Waals surface area contributed by atoms with Crippen LogP contribution in [0, 0.1) is 0 Å². The number of fused-ring (bicyclic) bond motifs is 1. The van der Waals surface area contributed by atoms with Gasteiger partial charge in [0.05, 0.1) is 21.6 Å². The third kappa shape index (κ3) is 6.50. The maximum absolute atomic E-state index is 13.2. The van der Waals surface area contributed by atoms with E-state index in [4.69, 9.17) is 11.6 Å². The number of halogens is 1. The number of sulfonamides is 1. The summed E-state index contributed by atoms with van der Waals surface area (Å²) in [6.45, 7) is 6.66. The van der Waals surface area contributed by atoms with Crippen LogP contribution in [0.25, 0.3) is 10.9 Å². The Bertz CT molecular complexity index is 1190. The monoisotopic (exact) mass is 518 g/mol. The van der Waals surface area contributed by atoms with Crippen LogP contribution in [-0.4, -0.2) is 67.8 Å². The van der Waals surface area contributed by atoms with Gasteiger partial charge < -0.3 is 4.90 Å². The molecule has 1 atom stereocenters. The summed E-state index contributed by atoms with van der Waals surface area (Å²) in [4.78, 5) is 10.5. The molecule has 2 aromatic carbocycles. The van der Waals surface area contributed by atoms with E-state index in [0.29, 0.717) is 15.9 Å². The van der Waals surface area contributed by atoms with Crippen molar-refractivity contribution in [3.8, 4) is 0 Å². The Morgan fingerprint density at radius 3 is 2.71 bits per heavy atom. The number of rotatable bonds is 9. The van der Waals surface area contributed by atoms with Crippen LogP contribution < -0.4 is 4.72 Å². The quantitative estimate of drug-likeness (QED) is 0.327. The first-order valence-corrected chi connectivity index (χ1v) is 14.5. The first-order valence-electron chi connectivity index (χ1n) is 11.6. The molecule has 1 aliphatic heterocycles. The van der Waals surface area contributed by atoms with Crippen LogP contribution in [-0.2, 0) is 10.0 Å². The van der Waals surface area contributed by atoms with E-state index in [0.717, 1.165) is 51.3 Å². The van der Waals surface area contributed by atoms with Crippen LogP contribution in [0.5, 0.6) is 0 Å². The van der Waals surface area contributed by atoms with Crippen molar-refractivity contribution in [1.82, 2.24) is 19.5 Å². The molecule has 4 rings (SSSR count). The molecule has 1 aliphatic rings. The third-order valence-electron chi connectivity index (χ3n) is 6.10. The largest absolute Gasteiger partial charge is 0.302 e. The van der Waals surface area contributed by atoms with Crippen molar-refractivity contribution in [3.05, 3.63) is 65.8 Å². The van der Waals surface area contributed by atoms with Gasteiger partial charge in [-0.15, -0.1) is 11.8 Å². The molecule has 182 valence electrons. The second-order valence-corrected chi connectivity index (χ2v) is 11.7. The molecular weight excluding hydrogens is 488 g/mol. The van der Waals surface area contributed by atoms with Crippen LogP contribution in [0.1, 0.15) is 19.8 Å².